The van der Waals surface area contributed by atoms with E-state index in [0.29, 0.717) is 18.2 Å². The van der Waals surface area contributed by atoms with Crippen molar-refractivity contribution in [1.82, 2.24) is 9.97 Å². The van der Waals surface area contributed by atoms with E-state index < -0.39 is 0 Å². The van der Waals surface area contributed by atoms with E-state index in [1.54, 1.807) is 7.11 Å². The highest BCUT2D eigenvalue weighted by Crippen LogP contribution is 2.18. The summed E-state index contributed by atoms with van der Waals surface area (Å²) in [5, 5.41) is 0. The fourth-order valence-corrected chi connectivity index (χ4v) is 2.12. The van der Waals surface area contributed by atoms with Gasteiger partial charge in [0.15, 0.2) is 5.82 Å². The highest BCUT2D eigenvalue weighted by Gasteiger charge is 2.17. The Morgan fingerprint density at radius 2 is 2.42 bits per heavy atom. The van der Waals surface area contributed by atoms with Crippen molar-refractivity contribution in [3.63, 3.8) is 0 Å². The average Bonchev–Trinajstić information content (AvgIpc) is 2.63. The molecule has 1 aromatic rings. The minimum atomic E-state index is 0.192. The lowest BCUT2D eigenvalue weighted by Crippen LogP contribution is -2.31. The van der Waals surface area contributed by atoms with Crippen LogP contribution in [0, 0.1) is 0 Å². The fourth-order valence-electron chi connectivity index (χ4n) is 2.12. The smallest absolute Gasteiger partial charge is 0.158 e. The molecule has 2 heterocycles. The van der Waals surface area contributed by atoms with Crippen LogP contribution >= 0.6 is 0 Å². The molecule has 106 valence electrons. The summed E-state index contributed by atoms with van der Waals surface area (Å²) in [6.07, 6.45) is 1.18. The zero-order valence-corrected chi connectivity index (χ0v) is 11.4. The Hall–Kier alpha value is -1.44. The van der Waals surface area contributed by atoms with E-state index in [4.69, 9.17) is 15.3 Å². The minimum Gasteiger partial charge on any atom is -0.377 e. The number of nitrogens with two attached hydrogens (primary N) is 1. The van der Waals surface area contributed by atoms with Crippen LogP contribution in [0.25, 0.3) is 0 Å². The van der Waals surface area contributed by atoms with E-state index in [1.807, 2.05) is 6.07 Å². The van der Waals surface area contributed by atoms with E-state index in [9.17, 15) is 0 Å². The molecule has 0 bridgehead atoms. The number of nitrogens with one attached hydrogen (secondary N) is 1. The molecule has 1 aromatic heterocycles. The van der Waals surface area contributed by atoms with Crippen molar-refractivity contribution in [2.24, 2.45) is 5.84 Å². The van der Waals surface area contributed by atoms with Crippen LogP contribution in [0.15, 0.2) is 6.07 Å². The maximum Gasteiger partial charge on any atom is 0.158 e. The van der Waals surface area contributed by atoms with Crippen LogP contribution < -0.4 is 16.2 Å². The normalized spacial score (nSPS) is 20.2. The molecule has 1 atom stereocenters. The second-order valence-electron chi connectivity index (χ2n) is 4.59. The number of nitrogens with zero attached hydrogens (tertiary/aromatic N) is 3. The molecule has 1 aliphatic rings. The third-order valence-corrected chi connectivity index (χ3v) is 2.96. The molecule has 0 aliphatic carbocycles. The maximum absolute atomic E-state index is 5.64. The van der Waals surface area contributed by atoms with Gasteiger partial charge in [0.25, 0.3) is 0 Å². The molecule has 1 unspecified atom stereocenters. The van der Waals surface area contributed by atoms with Crippen molar-refractivity contribution < 1.29 is 9.47 Å². The number of ether oxygens (including phenoxy) is 2. The summed E-state index contributed by atoms with van der Waals surface area (Å²) in [7, 11) is 1.62. The van der Waals surface area contributed by atoms with Crippen LogP contribution in [0.1, 0.15) is 19.2 Å². The maximum atomic E-state index is 5.64. The van der Waals surface area contributed by atoms with Gasteiger partial charge in [0.1, 0.15) is 18.2 Å². The largest absolute Gasteiger partial charge is 0.377 e. The third-order valence-electron chi connectivity index (χ3n) is 2.96. The van der Waals surface area contributed by atoms with Crippen LogP contribution in [0.3, 0.4) is 0 Å². The lowest BCUT2D eigenvalue weighted by Gasteiger charge is -2.23. The average molecular weight is 267 g/mol. The monoisotopic (exact) mass is 267 g/mol. The molecule has 1 saturated heterocycles. The van der Waals surface area contributed by atoms with Crippen molar-refractivity contribution in [1.29, 1.82) is 0 Å². The summed E-state index contributed by atoms with van der Waals surface area (Å²) in [5.41, 5.74) is 2.57. The Morgan fingerprint density at radius 3 is 3.16 bits per heavy atom. The number of hydrogen-bond donors (Lipinski definition) is 2. The van der Waals surface area contributed by atoms with Crippen molar-refractivity contribution in [3.8, 4) is 0 Å². The lowest BCUT2D eigenvalue weighted by molar-refractivity contribution is 0.0820. The Bertz CT molecular complexity index is 415. The third kappa shape index (κ3) is 3.76. The van der Waals surface area contributed by atoms with Gasteiger partial charge in [0.05, 0.1) is 6.10 Å². The first-order valence-electron chi connectivity index (χ1n) is 6.43. The Morgan fingerprint density at radius 1 is 1.58 bits per heavy atom. The first-order chi connectivity index (χ1) is 9.22. The van der Waals surface area contributed by atoms with Gasteiger partial charge < -0.3 is 19.8 Å². The van der Waals surface area contributed by atoms with Gasteiger partial charge >= 0.3 is 0 Å². The van der Waals surface area contributed by atoms with E-state index >= 15 is 0 Å². The van der Waals surface area contributed by atoms with E-state index in [1.165, 1.54) is 0 Å². The van der Waals surface area contributed by atoms with Gasteiger partial charge in [-0.05, 0) is 13.3 Å². The van der Waals surface area contributed by atoms with Gasteiger partial charge in [-0.1, -0.05) is 0 Å². The molecule has 7 nitrogen and oxygen atoms in total. The van der Waals surface area contributed by atoms with E-state index in [-0.39, 0.29) is 6.10 Å². The summed E-state index contributed by atoms with van der Waals surface area (Å²) in [6.45, 7) is 4.95. The van der Waals surface area contributed by atoms with Crippen LogP contribution in [0.2, 0.25) is 0 Å². The van der Waals surface area contributed by atoms with E-state index in [2.05, 4.69) is 27.2 Å². The number of aromatic nitrogens is 2. The molecule has 1 aliphatic heterocycles. The molecule has 1 fully saturated rings. The van der Waals surface area contributed by atoms with Gasteiger partial charge in [-0.15, -0.1) is 0 Å². The van der Waals surface area contributed by atoms with Crippen molar-refractivity contribution in [3.05, 3.63) is 11.9 Å². The zero-order valence-electron chi connectivity index (χ0n) is 11.4. The van der Waals surface area contributed by atoms with Crippen molar-refractivity contribution in [2.45, 2.75) is 26.1 Å². The molecule has 3 N–H and O–H groups in total. The number of hydrazine groups is 1. The Kier molecular flexibility index (Phi) is 4.89. The standard InChI is InChI=1S/C12H21N5O2/c1-9-7-17(4-3-5-19-9)12-6-10(16-13)14-11(15-12)8-18-2/h6,9H,3-5,7-8,13H2,1-2H3,(H,14,15,16). The summed E-state index contributed by atoms with van der Waals surface area (Å²) >= 11 is 0. The molecular weight excluding hydrogens is 246 g/mol. The van der Waals surface area contributed by atoms with E-state index in [0.717, 1.165) is 31.9 Å². The van der Waals surface area contributed by atoms with Crippen LogP contribution in [-0.4, -0.2) is 42.9 Å². The first kappa shape index (κ1) is 14.0. The summed E-state index contributed by atoms with van der Waals surface area (Å²) in [5.74, 6) is 7.51. The molecule has 7 heteroatoms. The lowest BCUT2D eigenvalue weighted by atomic mass is 10.3. The minimum absolute atomic E-state index is 0.192. The highest BCUT2D eigenvalue weighted by molar-refractivity contribution is 5.49. The summed E-state index contributed by atoms with van der Waals surface area (Å²) < 4.78 is 10.7. The van der Waals surface area contributed by atoms with Crippen LogP contribution in [0.4, 0.5) is 11.6 Å². The summed E-state index contributed by atoms with van der Waals surface area (Å²) in [4.78, 5) is 11.0. The second kappa shape index (κ2) is 6.65. The predicted octanol–water partition coefficient (Wildman–Crippen LogP) is 0.524. The molecule has 0 spiro atoms. The second-order valence-corrected chi connectivity index (χ2v) is 4.59. The molecule has 0 aromatic carbocycles. The quantitative estimate of drug-likeness (QED) is 0.607. The number of hydrogen-bond acceptors (Lipinski definition) is 7. The molecular formula is C12H21N5O2. The number of rotatable bonds is 4. The van der Waals surface area contributed by atoms with Crippen LogP contribution in [-0.2, 0) is 16.1 Å². The van der Waals surface area contributed by atoms with Gasteiger partial charge in [-0.25, -0.2) is 15.8 Å². The van der Waals surface area contributed by atoms with Crippen LogP contribution in [0.5, 0.6) is 0 Å². The molecule has 2 rings (SSSR count). The fraction of sp³-hybridized carbons (Fsp3) is 0.667. The van der Waals surface area contributed by atoms with Gasteiger partial charge in [0, 0.05) is 32.9 Å². The Balaban J connectivity index is 2.23. The molecule has 0 amide bonds. The number of nitrogen functional groups attached to an aromatic ring is 1. The predicted molar refractivity (Wildman–Crippen MR) is 72.8 cm³/mol. The Labute approximate surface area is 113 Å². The van der Waals surface area contributed by atoms with Crippen molar-refractivity contribution in [2.75, 3.05) is 37.1 Å². The number of methoxy groups -OCH3 is 1. The highest BCUT2D eigenvalue weighted by atomic mass is 16.5. The van der Waals surface area contributed by atoms with Gasteiger partial charge in [-0.2, -0.15) is 0 Å². The SMILES string of the molecule is COCc1nc(NN)cc(N2CCCOC(C)C2)n1. The van der Waals surface area contributed by atoms with Gasteiger partial charge in [0.2, 0.25) is 0 Å². The van der Waals surface area contributed by atoms with Crippen molar-refractivity contribution >= 4 is 11.6 Å². The number of anilines is 2. The molecule has 0 saturated carbocycles. The van der Waals surface area contributed by atoms with Gasteiger partial charge in [-0.3, -0.25) is 0 Å². The molecule has 19 heavy (non-hydrogen) atoms. The summed E-state index contributed by atoms with van der Waals surface area (Å²) in [6, 6.07) is 1.84. The zero-order chi connectivity index (χ0) is 13.7. The topological polar surface area (TPSA) is 85.5 Å². The molecule has 0 radical (unpaired) electrons. The first-order valence-corrected chi connectivity index (χ1v) is 6.43.